The van der Waals surface area contributed by atoms with Gasteiger partial charge >= 0.3 is 0 Å². The van der Waals surface area contributed by atoms with Gasteiger partial charge in [-0.2, -0.15) is 10.1 Å². The maximum atomic E-state index is 12.0. The van der Waals surface area contributed by atoms with Crippen molar-refractivity contribution < 1.29 is 9.59 Å². The SMILES string of the molecule is CCC(=O)NC1=NN(c2c(Cl)cc(Cl)cc2Cl)C(=O)C1. The fraction of sp³-hybridized carbons (Fsp3) is 0.250. The molecule has 0 saturated carbocycles. The Morgan fingerprint density at radius 2 is 1.95 bits per heavy atom. The van der Waals surface area contributed by atoms with Crippen molar-refractivity contribution in [2.45, 2.75) is 19.8 Å². The summed E-state index contributed by atoms with van der Waals surface area (Å²) in [4.78, 5) is 23.3. The Hall–Kier alpha value is -1.30. The minimum absolute atomic E-state index is 0.0129. The van der Waals surface area contributed by atoms with Gasteiger partial charge in [-0.3, -0.25) is 9.59 Å². The van der Waals surface area contributed by atoms with Gasteiger partial charge in [-0.25, -0.2) is 0 Å². The highest BCUT2D eigenvalue weighted by atomic mass is 35.5. The molecule has 2 amide bonds. The molecule has 5 nitrogen and oxygen atoms in total. The van der Waals surface area contributed by atoms with E-state index in [1.54, 1.807) is 6.92 Å². The van der Waals surface area contributed by atoms with E-state index in [0.717, 1.165) is 5.01 Å². The van der Waals surface area contributed by atoms with Gasteiger partial charge in [0.15, 0.2) is 0 Å². The van der Waals surface area contributed by atoms with Crippen LogP contribution in [0.15, 0.2) is 17.2 Å². The lowest BCUT2D eigenvalue weighted by atomic mass is 10.3. The Labute approximate surface area is 130 Å². The number of rotatable bonds is 2. The fourth-order valence-electron chi connectivity index (χ4n) is 1.66. The highest BCUT2D eigenvalue weighted by Crippen LogP contribution is 2.38. The molecule has 1 heterocycles. The van der Waals surface area contributed by atoms with E-state index in [4.69, 9.17) is 34.8 Å². The zero-order valence-electron chi connectivity index (χ0n) is 10.4. The van der Waals surface area contributed by atoms with Crippen LogP contribution in [0.25, 0.3) is 0 Å². The number of amides is 2. The van der Waals surface area contributed by atoms with Gasteiger partial charge in [-0.05, 0) is 12.1 Å². The predicted octanol–water partition coefficient (Wildman–Crippen LogP) is 3.22. The van der Waals surface area contributed by atoms with Crippen LogP contribution in [-0.2, 0) is 9.59 Å². The third kappa shape index (κ3) is 3.06. The Bertz CT molecular complexity index is 593. The fourth-order valence-corrected chi connectivity index (χ4v) is 2.64. The van der Waals surface area contributed by atoms with Crippen LogP contribution >= 0.6 is 34.8 Å². The van der Waals surface area contributed by atoms with Gasteiger partial charge in [0.05, 0.1) is 16.5 Å². The van der Waals surface area contributed by atoms with Crippen LogP contribution in [0, 0.1) is 0 Å². The van der Waals surface area contributed by atoms with E-state index < -0.39 is 0 Å². The monoisotopic (exact) mass is 333 g/mol. The van der Waals surface area contributed by atoms with Gasteiger partial charge in [0.2, 0.25) is 5.91 Å². The lowest BCUT2D eigenvalue weighted by Crippen LogP contribution is -2.28. The molecule has 106 valence electrons. The molecular weight excluding hydrogens is 325 g/mol. The summed E-state index contributed by atoms with van der Waals surface area (Å²) in [6.07, 6.45) is 0.288. The molecule has 1 N–H and O–H groups in total. The van der Waals surface area contributed by atoms with Crippen molar-refractivity contribution in [2.24, 2.45) is 5.10 Å². The molecule has 0 bridgehead atoms. The van der Waals surface area contributed by atoms with Crippen molar-refractivity contribution in [3.8, 4) is 0 Å². The molecule has 0 fully saturated rings. The molecule has 2 rings (SSSR count). The van der Waals surface area contributed by atoms with E-state index in [2.05, 4.69) is 10.4 Å². The van der Waals surface area contributed by atoms with Crippen molar-refractivity contribution in [1.29, 1.82) is 0 Å². The molecule has 0 aromatic heterocycles. The quantitative estimate of drug-likeness (QED) is 0.902. The van der Waals surface area contributed by atoms with Crippen molar-refractivity contribution in [1.82, 2.24) is 5.32 Å². The first-order valence-electron chi connectivity index (χ1n) is 5.77. The highest BCUT2D eigenvalue weighted by molar-refractivity contribution is 6.42. The lowest BCUT2D eigenvalue weighted by Gasteiger charge is -2.15. The summed E-state index contributed by atoms with van der Waals surface area (Å²) in [7, 11) is 0. The molecule has 1 aromatic carbocycles. The van der Waals surface area contributed by atoms with E-state index in [1.807, 2.05) is 0 Å². The van der Waals surface area contributed by atoms with E-state index in [-0.39, 0.29) is 39.8 Å². The number of carbonyl (C=O) groups is 2. The number of carbonyl (C=O) groups excluding carboxylic acids is 2. The summed E-state index contributed by atoms with van der Waals surface area (Å²) in [5, 5.41) is 8.44. The van der Waals surface area contributed by atoms with Gasteiger partial charge < -0.3 is 5.32 Å². The van der Waals surface area contributed by atoms with Crippen molar-refractivity contribution in [3.05, 3.63) is 27.2 Å². The standard InChI is InChI=1S/C12H10Cl3N3O2/c1-2-10(19)16-9-5-11(20)18(17-9)12-7(14)3-6(13)4-8(12)15/h3-4H,2,5H2,1H3,(H,16,17,19). The molecule has 0 atom stereocenters. The molecule has 0 spiro atoms. The van der Waals surface area contributed by atoms with Crippen LogP contribution in [0.4, 0.5) is 5.69 Å². The molecule has 0 unspecified atom stereocenters. The smallest absolute Gasteiger partial charge is 0.255 e. The zero-order valence-corrected chi connectivity index (χ0v) is 12.7. The summed E-state index contributed by atoms with van der Waals surface area (Å²) < 4.78 is 0. The molecule has 0 aliphatic carbocycles. The Morgan fingerprint density at radius 3 is 2.50 bits per heavy atom. The normalized spacial score (nSPS) is 14.5. The molecule has 1 aliphatic heterocycles. The number of hydrogen-bond donors (Lipinski definition) is 1. The van der Waals surface area contributed by atoms with E-state index in [1.165, 1.54) is 12.1 Å². The minimum Gasteiger partial charge on any atom is -0.312 e. The van der Waals surface area contributed by atoms with Crippen LogP contribution in [0.2, 0.25) is 15.1 Å². The number of nitrogens with one attached hydrogen (secondary N) is 1. The predicted molar refractivity (Wildman–Crippen MR) is 79.4 cm³/mol. The number of anilines is 1. The van der Waals surface area contributed by atoms with Crippen molar-refractivity contribution >= 4 is 58.1 Å². The van der Waals surface area contributed by atoms with E-state index in [0.29, 0.717) is 11.4 Å². The first-order valence-corrected chi connectivity index (χ1v) is 6.90. The van der Waals surface area contributed by atoms with Gasteiger partial charge in [-0.1, -0.05) is 41.7 Å². The third-order valence-corrected chi connectivity index (χ3v) is 3.37. The topological polar surface area (TPSA) is 61.8 Å². The first-order chi connectivity index (χ1) is 9.42. The van der Waals surface area contributed by atoms with Gasteiger partial charge in [0.1, 0.15) is 11.5 Å². The van der Waals surface area contributed by atoms with Gasteiger partial charge in [0.25, 0.3) is 5.91 Å². The van der Waals surface area contributed by atoms with E-state index >= 15 is 0 Å². The molecule has 1 aromatic rings. The average Bonchev–Trinajstić information content (AvgIpc) is 2.69. The molecule has 8 heteroatoms. The third-order valence-electron chi connectivity index (χ3n) is 2.57. The van der Waals surface area contributed by atoms with Gasteiger partial charge in [-0.15, -0.1) is 0 Å². The van der Waals surface area contributed by atoms with Gasteiger partial charge in [0, 0.05) is 11.4 Å². The highest BCUT2D eigenvalue weighted by Gasteiger charge is 2.29. The van der Waals surface area contributed by atoms with Crippen LogP contribution < -0.4 is 10.3 Å². The maximum Gasteiger partial charge on any atom is 0.255 e. The largest absolute Gasteiger partial charge is 0.312 e. The molecule has 1 aliphatic rings. The second-order valence-electron chi connectivity index (χ2n) is 4.05. The minimum atomic E-state index is -0.331. The van der Waals surface area contributed by atoms with Crippen LogP contribution in [0.3, 0.4) is 0 Å². The zero-order chi connectivity index (χ0) is 14.9. The number of hydrogen-bond acceptors (Lipinski definition) is 3. The average molecular weight is 335 g/mol. The number of amidine groups is 1. The summed E-state index contributed by atoms with van der Waals surface area (Å²) >= 11 is 17.9. The summed E-state index contributed by atoms with van der Waals surface area (Å²) in [5.41, 5.74) is 0.253. The number of halogens is 3. The lowest BCUT2D eigenvalue weighted by molar-refractivity contribution is -0.119. The summed E-state index contributed by atoms with van der Waals surface area (Å²) in [6.45, 7) is 1.71. The number of nitrogens with zero attached hydrogens (tertiary/aromatic N) is 2. The van der Waals surface area contributed by atoms with Crippen LogP contribution in [0.1, 0.15) is 19.8 Å². The van der Waals surface area contributed by atoms with Crippen molar-refractivity contribution in [2.75, 3.05) is 5.01 Å². The molecule has 20 heavy (non-hydrogen) atoms. The maximum absolute atomic E-state index is 12.0. The first kappa shape index (κ1) is 15.1. The second-order valence-corrected chi connectivity index (χ2v) is 5.30. The molecule has 0 saturated heterocycles. The molecular formula is C12H10Cl3N3O2. The number of hydrazone groups is 1. The van der Waals surface area contributed by atoms with Crippen LogP contribution in [0.5, 0.6) is 0 Å². The Kier molecular flexibility index (Phi) is 4.52. The Balaban J connectivity index is 2.34. The summed E-state index contributed by atoms with van der Waals surface area (Å²) in [6, 6.07) is 2.94. The molecule has 0 radical (unpaired) electrons. The van der Waals surface area contributed by atoms with Crippen LogP contribution in [-0.4, -0.2) is 17.6 Å². The second kappa shape index (κ2) is 5.99. The van der Waals surface area contributed by atoms with E-state index in [9.17, 15) is 9.59 Å². The Morgan fingerprint density at radius 1 is 1.35 bits per heavy atom. The van der Waals surface area contributed by atoms with Crippen molar-refractivity contribution in [3.63, 3.8) is 0 Å². The summed E-state index contributed by atoms with van der Waals surface area (Å²) in [5.74, 6) is -0.279. The number of benzene rings is 1.